The van der Waals surface area contributed by atoms with Gasteiger partial charge >= 0.3 is 5.97 Å². The molecule has 0 saturated carbocycles. The van der Waals surface area contributed by atoms with Gasteiger partial charge in [-0.3, -0.25) is 4.79 Å². The monoisotopic (exact) mass is 284 g/mol. The number of carbonyl (C=O) groups excluding carboxylic acids is 2. The Morgan fingerprint density at radius 3 is 2.86 bits per heavy atom. The molecule has 0 spiro atoms. The molecule has 0 fully saturated rings. The van der Waals surface area contributed by atoms with Crippen molar-refractivity contribution in [1.29, 1.82) is 5.26 Å². The van der Waals surface area contributed by atoms with Crippen LogP contribution in [0.15, 0.2) is 41.0 Å². The largest absolute Gasteiger partial charge is 0.469 e. The predicted octanol–water partition coefficient (Wildman–Crippen LogP) is 2.26. The first-order valence-electron chi connectivity index (χ1n) is 6.11. The Hall–Kier alpha value is -3.07. The molecule has 106 valence electrons. The molecule has 6 nitrogen and oxygen atoms in total. The second kappa shape index (κ2) is 6.39. The van der Waals surface area contributed by atoms with Gasteiger partial charge < -0.3 is 14.5 Å². The van der Waals surface area contributed by atoms with Gasteiger partial charge in [-0.05, 0) is 31.2 Å². The zero-order valence-electron chi connectivity index (χ0n) is 11.3. The van der Waals surface area contributed by atoms with Gasteiger partial charge in [-0.25, -0.2) is 4.79 Å². The molecule has 0 aliphatic heterocycles. The van der Waals surface area contributed by atoms with E-state index < -0.39 is 18.5 Å². The van der Waals surface area contributed by atoms with E-state index in [-0.39, 0.29) is 5.56 Å². The van der Waals surface area contributed by atoms with E-state index in [0.717, 1.165) is 0 Å². The average molecular weight is 284 g/mol. The summed E-state index contributed by atoms with van der Waals surface area (Å²) in [6.07, 6.45) is 1.37. The van der Waals surface area contributed by atoms with E-state index in [1.807, 2.05) is 6.07 Å². The number of ether oxygens (including phenoxy) is 1. The molecule has 1 amide bonds. The minimum atomic E-state index is -0.623. The molecule has 21 heavy (non-hydrogen) atoms. The summed E-state index contributed by atoms with van der Waals surface area (Å²) in [5.41, 5.74) is 1.18. The van der Waals surface area contributed by atoms with Gasteiger partial charge in [0.05, 0.1) is 17.9 Å². The van der Waals surface area contributed by atoms with Crippen LogP contribution in [0.5, 0.6) is 0 Å². The summed E-state index contributed by atoms with van der Waals surface area (Å²) >= 11 is 0. The second-order valence-electron chi connectivity index (χ2n) is 4.21. The van der Waals surface area contributed by atoms with Crippen LogP contribution in [0.4, 0.5) is 5.69 Å². The van der Waals surface area contributed by atoms with Crippen LogP contribution in [0.25, 0.3) is 0 Å². The fourth-order valence-corrected chi connectivity index (χ4v) is 1.67. The fraction of sp³-hybridized carbons (Fsp3) is 0.133. The third-order valence-corrected chi connectivity index (χ3v) is 2.69. The van der Waals surface area contributed by atoms with Gasteiger partial charge in [0, 0.05) is 5.69 Å². The first-order chi connectivity index (χ1) is 10.1. The van der Waals surface area contributed by atoms with Crippen molar-refractivity contribution < 1.29 is 18.7 Å². The van der Waals surface area contributed by atoms with Crippen molar-refractivity contribution >= 4 is 17.6 Å². The van der Waals surface area contributed by atoms with E-state index >= 15 is 0 Å². The molecule has 6 heteroatoms. The highest BCUT2D eigenvalue weighted by Crippen LogP contribution is 2.11. The molecule has 0 atom stereocenters. The standard InChI is InChI=1S/C15H12N2O4/c1-10-13(5-6-20-10)15(19)21-9-14(18)17-12-4-2-3-11(7-12)8-16/h2-7H,9H2,1H3,(H,17,18). The Morgan fingerprint density at radius 1 is 1.38 bits per heavy atom. The molecule has 1 N–H and O–H groups in total. The minimum Gasteiger partial charge on any atom is -0.469 e. The van der Waals surface area contributed by atoms with Gasteiger partial charge in [0.1, 0.15) is 11.3 Å². The van der Waals surface area contributed by atoms with Gasteiger partial charge in [0.25, 0.3) is 5.91 Å². The third-order valence-electron chi connectivity index (χ3n) is 2.69. The quantitative estimate of drug-likeness (QED) is 0.869. The maximum atomic E-state index is 11.7. The van der Waals surface area contributed by atoms with Crippen molar-refractivity contribution in [3.63, 3.8) is 0 Å². The normalized spacial score (nSPS) is 9.71. The minimum absolute atomic E-state index is 0.286. The van der Waals surface area contributed by atoms with Crippen LogP contribution in [-0.2, 0) is 9.53 Å². The van der Waals surface area contributed by atoms with Crippen LogP contribution in [-0.4, -0.2) is 18.5 Å². The van der Waals surface area contributed by atoms with Crippen LogP contribution in [0, 0.1) is 18.3 Å². The van der Waals surface area contributed by atoms with Gasteiger partial charge in [0.15, 0.2) is 6.61 Å². The van der Waals surface area contributed by atoms with Crippen molar-refractivity contribution in [3.05, 3.63) is 53.5 Å². The highest BCUT2D eigenvalue weighted by atomic mass is 16.5. The number of hydrogen-bond acceptors (Lipinski definition) is 5. The van der Waals surface area contributed by atoms with E-state index in [1.165, 1.54) is 18.4 Å². The Kier molecular flexibility index (Phi) is 4.36. The van der Waals surface area contributed by atoms with E-state index in [2.05, 4.69) is 5.32 Å². The van der Waals surface area contributed by atoms with Crippen LogP contribution >= 0.6 is 0 Å². The number of hydrogen-bond donors (Lipinski definition) is 1. The maximum Gasteiger partial charge on any atom is 0.342 e. The molecule has 0 radical (unpaired) electrons. The highest BCUT2D eigenvalue weighted by Gasteiger charge is 2.14. The lowest BCUT2D eigenvalue weighted by molar-refractivity contribution is -0.119. The highest BCUT2D eigenvalue weighted by molar-refractivity contribution is 5.95. The number of carbonyl (C=O) groups is 2. The summed E-state index contributed by atoms with van der Waals surface area (Å²) < 4.78 is 9.86. The smallest absolute Gasteiger partial charge is 0.342 e. The molecular formula is C15H12N2O4. The number of aryl methyl sites for hydroxylation is 1. The third kappa shape index (κ3) is 3.70. The van der Waals surface area contributed by atoms with Crippen LogP contribution in [0.1, 0.15) is 21.7 Å². The molecule has 1 aromatic heterocycles. The summed E-state index contributed by atoms with van der Waals surface area (Å²) in [6, 6.07) is 9.88. The number of nitrogens with one attached hydrogen (secondary N) is 1. The molecule has 0 saturated heterocycles. The first-order valence-corrected chi connectivity index (χ1v) is 6.11. The van der Waals surface area contributed by atoms with Crippen molar-refractivity contribution in [2.75, 3.05) is 11.9 Å². The van der Waals surface area contributed by atoms with Crippen molar-refractivity contribution in [1.82, 2.24) is 0 Å². The Morgan fingerprint density at radius 2 is 2.19 bits per heavy atom. The van der Waals surface area contributed by atoms with E-state index in [1.54, 1.807) is 25.1 Å². The van der Waals surface area contributed by atoms with Crippen LogP contribution in [0.3, 0.4) is 0 Å². The van der Waals surface area contributed by atoms with Gasteiger partial charge in [-0.1, -0.05) is 6.07 Å². The lowest BCUT2D eigenvalue weighted by Crippen LogP contribution is -2.21. The first kappa shape index (κ1) is 14.3. The summed E-state index contributed by atoms with van der Waals surface area (Å²) in [4.78, 5) is 23.4. The molecule has 0 bridgehead atoms. The molecule has 2 aromatic rings. The predicted molar refractivity (Wildman–Crippen MR) is 73.5 cm³/mol. The van der Waals surface area contributed by atoms with E-state index in [0.29, 0.717) is 17.0 Å². The molecule has 1 aromatic carbocycles. The van der Waals surface area contributed by atoms with Crippen molar-refractivity contribution in [3.8, 4) is 6.07 Å². The Bertz CT molecular complexity index is 712. The number of benzene rings is 1. The summed E-state index contributed by atoms with van der Waals surface area (Å²) in [5.74, 6) is -0.677. The summed E-state index contributed by atoms with van der Waals surface area (Å²) in [5, 5.41) is 11.3. The average Bonchev–Trinajstić information content (AvgIpc) is 2.91. The van der Waals surface area contributed by atoms with Crippen molar-refractivity contribution in [2.45, 2.75) is 6.92 Å². The maximum absolute atomic E-state index is 11.7. The molecule has 1 heterocycles. The molecule has 0 unspecified atom stereocenters. The lowest BCUT2D eigenvalue weighted by atomic mass is 10.2. The van der Waals surface area contributed by atoms with E-state index in [4.69, 9.17) is 14.4 Å². The topological polar surface area (TPSA) is 92.3 Å². The number of nitriles is 1. The number of rotatable bonds is 4. The summed E-state index contributed by atoms with van der Waals surface area (Å²) in [7, 11) is 0. The molecular weight excluding hydrogens is 272 g/mol. The number of anilines is 1. The summed E-state index contributed by atoms with van der Waals surface area (Å²) in [6.45, 7) is 1.21. The Balaban J connectivity index is 1.89. The number of nitrogens with zero attached hydrogens (tertiary/aromatic N) is 1. The van der Waals surface area contributed by atoms with Gasteiger partial charge in [0.2, 0.25) is 0 Å². The number of furan rings is 1. The van der Waals surface area contributed by atoms with Gasteiger partial charge in [-0.15, -0.1) is 0 Å². The van der Waals surface area contributed by atoms with Crippen LogP contribution in [0.2, 0.25) is 0 Å². The SMILES string of the molecule is Cc1occc1C(=O)OCC(=O)Nc1cccc(C#N)c1. The fourth-order valence-electron chi connectivity index (χ4n) is 1.67. The zero-order valence-corrected chi connectivity index (χ0v) is 11.3. The number of amides is 1. The van der Waals surface area contributed by atoms with Crippen LogP contribution < -0.4 is 5.32 Å². The zero-order chi connectivity index (χ0) is 15.2. The van der Waals surface area contributed by atoms with Gasteiger partial charge in [-0.2, -0.15) is 5.26 Å². The second-order valence-corrected chi connectivity index (χ2v) is 4.21. The molecule has 0 aliphatic carbocycles. The van der Waals surface area contributed by atoms with E-state index in [9.17, 15) is 9.59 Å². The van der Waals surface area contributed by atoms with Crippen molar-refractivity contribution in [2.24, 2.45) is 0 Å². The molecule has 0 aliphatic rings. The Labute approximate surface area is 120 Å². The lowest BCUT2D eigenvalue weighted by Gasteiger charge is -2.06. The number of esters is 1. The molecule has 2 rings (SSSR count).